The van der Waals surface area contributed by atoms with Crippen molar-refractivity contribution in [1.82, 2.24) is 8.87 Å². The lowest BCUT2D eigenvalue weighted by atomic mass is 10.1. The Morgan fingerprint density at radius 3 is 2.58 bits per heavy atom. The summed E-state index contributed by atoms with van der Waals surface area (Å²) in [5.74, 6) is -1.15. The summed E-state index contributed by atoms with van der Waals surface area (Å²) in [6.45, 7) is 2.37. The van der Waals surface area contributed by atoms with E-state index in [1.54, 1.807) is 10.6 Å². The molecule has 1 unspecified atom stereocenters. The van der Waals surface area contributed by atoms with Gasteiger partial charge in [0.2, 0.25) is 10.0 Å². The van der Waals surface area contributed by atoms with Crippen LogP contribution in [-0.2, 0) is 10.0 Å². The Bertz CT molecular complexity index is 1190. The summed E-state index contributed by atoms with van der Waals surface area (Å²) >= 11 is 0. The first kappa shape index (κ1) is 21.3. The van der Waals surface area contributed by atoms with Crippen LogP contribution in [0.25, 0.3) is 5.69 Å². The van der Waals surface area contributed by atoms with E-state index in [1.165, 1.54) is 40.7 Å². The van der Waals surface area contributed by atoms with Crippen molar-refractivity contribution >= 4 is 21.6 Å². The van der Waals surface area contributed by atoms with Crippen LogP contribution in [0.15, 0.2) is 71.9 Å². The molecule has 1 amide bonds. The molecule has 2 heterocycles. The van der Waals surface area contributed by atoms with E-state index in [-0.39, 0.29) is 22.2 Å². The van der Waals surface area contributed by atoms with E-state index in [1.807, 2.05) is 31.5 Å². The molecule has 1 aromatic heterocycles. The number of nitrogens with zero attached hydrogens (tertiary/aromatic N) is 2. The van der Waals surface area contributed by atoms with Gasteiger partial charge in [-0.25, -0.2) is 12.8 Å². The van der Waals surface area contributed by atoms with Gasteiger partial charge < -0.3 is 9.88 Å². The molecule has 0 bridgehead atoms. The number of piperidine rings is 1. The van der Waals surface area contributed by atoms with Crippen LogP contribution >= 0.6 is 0 Å². The first-order valence-corrected chi connectivity index (χ1v) is 11.7. The number of amides is 1. The van der Waals surface area contributed by atoms with E-state index in [4.69, 9.17) is 0 Å². The lowest BCUT2D eigenvalue weighted by Gasteiger charge is -2.32. The Morgan fingerprint density at radius 1 is 1.06 bits per heavy atom. The van der Waals surface area contributed by atoms with Gasteiger partial charge in [-0.1, -0.05) is 12.5 Å². The molecule has 0 saturated carbocycles. The third-order valence-electron chi connectivity index (χ3n) is 5.55. The molecule has 3 aromatic rings. The molecule has 1 N–H and O–H groups in total. The largest absolute Gasteiger partial charge is 0.324 e. The normalized spacial score (nSPS) is 17.4. The van der Waals surface area contributed by atoms with Crippen molar-refractivity contribution in [3.05, 3.63) is 78.4 Å². The number of hydrogen-bond donors (Lipinski definition) is 1. The lowest BCUT2D eigenvalue weighted by molar-refractivity contribution is 0.102. The number of carbonyl (C=O) groups is 1. The Morgan fingerprint density at radius 2 is 1.84 bits per heavy atom. The first-order valence-electron chi connectivity index (χ1n) is 10.2. The highest BCUT2D eigenvalue weighted by atomic mass is 32.2. The molecule has 1 saturated heterocycles. The van der Waals surface area contributed by atoms with Crippen molar-refractivity contribution in [3.8, 4) is 5.69 Å². The van der Waals surface area contributed by atoms with Crippen LogP contribution in [0.1, 0.15) is 36.5 Å². The SMILES string of the molecule is CC1CCCCN1S(=O)(=O)c1cccc(C(=O)Nc2cc(-n3cccc3)ccc2F)c1. The van der Waals surface area contributed by atoms with Gasteiger partial charge >= 0.3 is 0 Å². The van der Waals surface area contributed by atoms with E-state index < -0.39 is 21.7 Å². The van der Waals surface area contributed by atoms with Crippen molar-refractivity contribution in [3.63, 3.8) is 0 Å². The predicted molar refractivity (Wildman–Crippen MR) is 117 cm³/mol. The van der Waals surface area contributed by atoms with Gasteiger partial charge in [-0.3, -0.25) is 4.79 Å². The molecule has 1 aliphatic rings. The molecular weight excluding hydrogens is 417 g/mol. The van der Waals surface area contributed by atoms with Crippen molar-refractivity contribution in [2.45, 2.75) is 37.1 Å². The Labute approximate surface area is 181 Å². The van der Waals surface area contributed by atoms with Crippen LogP contribution < -0.4 is 5.32 Å². The third kappa shape index (κ3) is 4.40. The summed E-state index contributed by atoms with van der Waals surface area (Å²) in [6.07, 6.45) is 6.27. The Hall–Kier alpha value is -2.97. The number of nitrogens with one attached hydrogen (secondary N) is 1. The maximum Gasteiger partial charge on any atom is 0.255 e. The van der Waals surface area contributed by atoms with E-state index >= 15 is 0 Å². The summed E-state index contributed by atoms with van der Waals surface area (Å²) in [5, 5.41) is 2.56. The number of hydrogen-bond acceptors (Lipinski definition) is 3. The van der Waals surface area contributed by atoms with Gasteiger partial charge in [0.1, 0.15) is 5.82 Å². The molecule has 0 spiro atoms. The maximum absolute atomic E-state index is 14.3. The smallest absolute Gasteiger partial charge is 0.255 e. The number of sulfonamides is 1. The lowest BCUT2D eigenvalue weighted by Crippen LogP contribution is -2.41. The highest BCUT2D eigenvalue weighted by Gasteiger charge is 2.31. The highest BCUT2D eigenvalue weighted by molar-refractivity contribution is 7.89. The summed E-state index contributed by atoms with van der Waals surface area (Å²) < 4.78 is 43.8. The molecule has 1 aliphatic heterocycles. The molecule has 1 fully saturated rings. The minimum absolute atomic E-state index is 0.0223. The molecule has 1 atom stereocenters. The molecular formula is C23H24FN3O3S. The Balaban J connectivity index is 1.59. The predicted octanol–water partition coefficient (Wildman–Crippen LogP) is 4.43. The minimum atomic E-state index is -3.71. The van der Waals surface area contributed by atoms with E-state index in [0.29, 0.717) is 12.2 Å². The number of halogens is 1. The van der Waals surface area contributed by atoms with Crippen LogP contribution in [0.4, 0.5) is 10.1 Å². The average molecular weight is 442 g/mol. The summed E-state index contributed by atoms with van der Waals surface area (Å²) in [4.78, 5) is 12.9. The monoisotopic (exact) mass is 441 g/mol. The number of anilines is 1. The topological polar surface area (TPSA) is 71.4 Å². The van der Waals surface area contributed by atoms with Crippen LogP contribution in [0, 0.1) is 5.82 Å². The number of carbonyl (C=O) groups excluding carboxylic acids is 1. The summed E-state index contributed by atoms with van der Waals surface area (Å²) in [7, 11) is -3.71. The first-order chi connectivity index (χ1) is 14.9. The quantitative estimate of drug-likeness (QED) is 0.637. The second-order valence-electron chi connectivity index (χ2n) is 7.70. The second-order valence-corrected chi connectivity index (χ2v) is 9.59. The molecule has 8 heteroatoms. The van der Waals surface area contributed by atoms with E-state index in [0.717, 1.165) is 19.3 Å². The molecule has 31 heavy (non-hydrogen) atoms. The average Bonchev–Trinajstić information content (AvgIpc) is 3.30. The van der Waals surface area contributed by atoms with Gasteiger partial charge in [0.15, 0.2) is 0 Å². The second kappa shape index (κ2) is 8.64. The fraction of sp³-hybridized carbons (Fsp3) is 0.261. The van der Waals surface area contributed by atoms with Gasteiger partial charge in [0.25, 0.3) is 5.91 Å². The molecule has 2 aromatic carbocycles. The standard InChI is InChI=1S/C23H24FN3O3S/c1-17-7-2-3-14-27(17)31(29,30)20-9-6-8-18(15-20)23(28)25-22-16-19(10-11-21(22)24)26-12-4-5-13-26/h4-6,8-13,15-17H,2-3,7,14H2,1H3,(H,25,28). The van der Waals surface area contributed by atoms with Crippen molar-refractivity contribution in [2.75, 3.05) is 11.9 Å². The molecule has 6 nitrogen and oxygen atoms in total. The van der Waals surface area contributed by atoms with Crippen molar-refractivity contribution in [1.29, 1.82) is 0 Å². The van der Waals surface area contributed by atoms with Gasteiger partial charge in [-0.05, 0) is 68.3 Å². The zero-order chi connectivity index (χ0) is 22.0. The number of benzene rings is 2. The summed E-state index contributed by atoms with van der Waals surface area (Å²) in [5.41, 5.74) is 0.864. The van der Waals surface area contributed by atoms with Crippen LogP contribution in [0.2, 0.25) is 0 Å². The number of rotatable bonds is 5. The fourth-order valence-electron chi connectivity index (χ4n) is 3.83. The van der Waals surface area contributed by atoms with Crippen molar-refractivity contribution in [2.24, 2.45) is 0 Å². The molecule has 162 valence electrons. The van der Waals surface area contributed by atoms with Gasteiger partial charge in [0, 0.05) is 36.2 Å². The van der Waals surface area contributed by atoms with Crippen molar-refractivity contribution < 1.29 is 17.6 Å². The highest BCUT2D eigenvalue weighted by Crippen LogP contribution is 2.26. The zero-order valence-corrected chi connectivity index (χ0v) is 18.0. The fourth-order valence-corrected chi connectivity index (χ4v) is 5.58. The van der Waals surface area contributed by atoms with Gasteiger partial charge in [-0.15, -0.1) is 0 Å². The van der Waals surface area contributed by atoms with Gasteiger partial charge in [-0.2, -0.15) is 4.31 Å². The van der Waals surface area contributed by atoms with E-state index in [2.05, 4.69) is 5.32 Å². The molecule has 0 aliphatic carbocycles. The number of aromatic nitrogens is 1. The third-order valence-corrected chi connectivity index (χ3v) is 7.56. The van der Waals surface area contributed by atoms with Crippen LogP contribution in [0.3, 0.4) is 0 Å². The summed E-state index contributed by atoms with van der Waals surface area (Å²) in [6, 6.07) is 13.9. The Kier molecular flexibility index (Phi) is 5.93. The van der Waals surface area contributed by atoms with Crippen LogP contribution in [-0.4, -0.2) is 35.8 Å². The minimum Gasteiger partial charge on any atom is -0.324 e. The maximum atomic E-state index is 14.3. The molecule has 0 radical (unpaired) electrons. The molecule has 4 rings (SSSR count). The zero-order valence-electron chi connectivity index (χ0n) is 17.2. The van der Waals surface area contributed by atoms with E-state index in [9.17, 15) is 17.6 Å². The van der Waals surface area contributed by atoms with Gasteiger partial charge in [0.05, 0.1) is 10.6 Å². The van der Waals surface area contributed by atoms with Crippen LogP contribution in [0.5, 0.6) is 0 Å².